The second-order valence-electron chi connectivity index (χ2n) is 8.86. The van der Waals surface area contributed by atoms with Crippen molar-refractivity contribution in [3.8, 4) is 0 Å². The molecule has 0 saturated carbocycles. The summed E-state index contributed by atoms with van der Waals surface area (Å²) in [5, 5.41) is 9.23. The van der Waals surface area contributed by atoms with E-state index in [4.69, 9.17) is 0 Å². The Balaban J connectivity index is 1.41. The van der Waals surface area contributed by atoms with Gasteiger partial charge in [0.15, 0.2) is 0 Å². The summed E-state index contributed by atoms with van der Waals surface area (Å²) in [4.78, 5) is 16.1. The van der Waals surface area contributed by atoms with E-state index in [1.807, 2.05) is 0 Å². The van der Waals surface area contributed by atoms with Crippen LogP contribution in [-0.2, 0) is 5.41 Å². The number of hydrogen-bond donors (Lipinski definition) is 4. The maximum Gasteiger partial charge on any atom is 0.128 e. The minimum atomic E-state index is -0.161. The molecule has 31 heavy (non-hydrogen) atoms. The number of aliphatic imine (C=N–C) groups is 2. The van der Waals surface area contributed by atoms with Gasteiger partial charge in [0.05, 0.1) is 13.1 Å². The summed E-state index contributed by atoms with van der Waals surface area (Å²) in [5.74, 6) is 1.98. The molecule has 2 aliphatic heterocycles. The Morgan fingerprint density at radius 2 is 1.19 bits per heavy atom. The standard InChI is InChI=1S/C25H26N6/c1-25(2,19-13-30-21-11-15(3-5-17(19)21)23-26-7-8-27-23)20-14-31-22-12-16(4-6-18(20)22)24-28-9-10-29-24/h3-6,11-14,30-31H,7-10H2,1-2H3,(H,26,27)(H,28,29). The van der Waals surface area contributed by atoms with Crippen molar-refractivity contribution >= 4 is 33.5 Å². The zero-order valence-corrected chi connectivity index (χ0v) is 17.8. The minimum Gasteiger partial charge on any atom is -0.368 e. The van der Waals surface area contributed by atoms with Gasteiger partial charge in [0.1, 0.15) is 11.7 Å². The van der Waals surface area contributed by atoms with Crippen LogP contribution in [0.2, 0.25) is 0 Å². The van der Waals surface area contributed by atoms with Crippen molar-refractivity contribution in [2.75, 3.05) is 26.2 Å². The predicted octanol–water partition coefficient (Wildman–Crippen LogP) is 3.67. The molecule has 0 amide bonds. The minimum absolute atomic E-state index is 0.161. The SMILES string of the molecule is CC(C)(c1c[nH]c2cc(C3=NCCN3)ccc12)c1c[nH]c2cc(C3=NCCN3)ccc12. The third-order valence-corrected chi connectivity index (χ3v) is 6.61. The van der Waals surface area contributed by atoms with Gasteiger partial charge in [-0.05, 0) is 23.3 Å². The Hall–Kier alpha value is -3.54. The molecule has 0 radical (unpaired) electrons. The molecule has 6 nitrogen and oxygen atoms in total. The predicted molar refractivity (Wildman–Crippen MR) is 128 cm³/mol. The summed E-state index contributed by atoms with van der Waals surface area (Å²) in [7, 11) is 0. The van der Waals surface area contributed by atoms with E-state index < -0.39 is 0 Å². The summed E-state index contributed by atoms with van der Waals surface area (Å²) in [6.45, 7) is 8.13. The molecule has 0 spiro atoms. The Labute approximate surface area is 180 Å². The van der Waals surface area contributed by atoms with Crippen LogP contribution < -0.4 is 10.6 Å². The zero-order chi connectivity index (χ0) is 21.0. The number of H-pyrrole nitrogens is 2. The zero-order valence-electron chi connectivity index (χ0n) is 17.8. The van der Waals surface area contributed by atoms with Crippen LogP contribution >= 0.6 is 0 Å². The molecule has 4 aromatic rings. The molecule has 0 atom stereocenters. The van der Waals surface area contributed by atoms with E-state index in [1.54, 1.807) is 0 Å². The van der Waals surface area contributed by atoms with Gasteiger partial charge >= 0.3 is 0 Å². The molecule has 4 heterocycles. The first kappa shape index (κ1) is 18.2. The molecular formula is C25H26N6. The summed E-state index contributed by atoms with van der Waals surface area (Å²) in [6, 6.07) is 13.2. The van der Waals surface area contributed by atoms with E-state index in [1.165, 1.54) is 21.9 Å². The second kappa shape index (κ2) is 6.74. The molecule has 156 valence electrons. The molecule has 0 bridgehead atoms. The van der Waals surface area contributed by atoms with Crippen molar-refractivity contribution in [2.45, 2.75) is 19.3 Å². The molecule has 4 N–H and O–H groups in total. The van der Waals surface area contributed by atoms with Crippen molar-refractivity contribution < 1.29 is 0 Å². The number of hydrogen-bond acceptors (Lipinski definition) is 4. The largest absolute Gasteiger partial charge is 0.368 e. The molecule has 0 unspecified atom stereocenters. The van der Waals surface area contributed by atoms with Crippen LogP contribution in [-0.4, -0.2) is 47.8 Å². The molecule has 2 aromatic carbocycles. The topological polar surface area (TPSA) is 80.4 Å². The van der Waals surface area contributed by atoms with Crippen molar-refractivity contribution in [3.63, 3.8) is 0 Å². The van der Waals surface area contributed by atoms with Crippen LogP contribution in [0.5, 0.6) is 0 Å². The molecule has 0 saturated heterocycles. The number of aromatic amines is 2. The lowest BCUT2D eigenvalue weighted by Crippen LogP contribution is -2.20. The second-order valence-corrected chi connectivity index (χ2v) is 8.86. The van der Waals surface area contributed by atoms with Crippen LogP contribution in [0.15, 0.2) is 58.8 Å². The maximum atomic E-state index is 4.55. The van der Waals surface area contributed by atoms with Crippen molar-refractivity contribution in [2.24, 2.45) is 9.98 Å². The van der Waals surface area contributed by atoms with E-state index in [9.17, 15) is 0 Å². The van der Waals surface area contributed by atoms with Crippen molar-refractivity contribution in [3.05, 3.63) is 71.0 Å². The first-order valence-electron chi connectivity index (χ1n) is 10.9. The van der Waals surface area contributed by atoms with Gasteiger partial charge in [-0.3, -0.25) is 9.98 Å². The Bertz CT molecular complexity index is 1260. The lowest BCUT2D eigenvalue weighted by Gasteiger charge is -2.24. The van der Waals surface area contributed by atoms with Crippen molar-refractivity contribution in [1.29, 1.82) is 0 Å². The summed E-state index contributed by atoms with van der Waals surface area (Å²) >= 11 is 0. The van der Waals surface area contributed by atoms with Gasteiger partial charge in [0.2, 0.25) is 0 Å². The third kappa shape index (κ3) is 2.86. The Morgan fingerprint density at radius 1 is 0.710 bits per heavy atom. The van der Waals surface area contributed by atoms with Gasteiger partial charge in [-0.15, -0.1) is 0 Å². The molecule has 2 aliphatic rings. The highest BCUT2D eigenvalue weighted by Gasteiger charge is 2.29. The fourth-order valence-electron chi connectivity index (χ4n) is 4.91. The van der Waals surface area contributed by atoms with E-state index in [0.29, 0.717) is 0 Å². The van der Waals surface area contributed by atoms with E-state index >= 15 is 0 Å². The molecule has 6 heteroatoms. The number of aromatic nitrogens is 2. The van der Waals surface area contributed by atoms with E-state index in [2.05, 4.69) is 93.2 Å². The van der Waals surface area contributed by atoms with Crippen LogP contribution in [0, 0.1) is 0 Å². The normalized spacial score (nSPS) is 16.5. The van der Waals surface area contributed by atoms with E-state index in [-0.39, 0.29) is 5.41 Å². The van der Waals surface area contributed by atoms with Crippen LogP contribution in [0.3, 0.4) is 0 Å². The highest BCUT2D eigenvalue weighted by Crippen LogP contribution is 2.39. The summed E-state index contributed by atoms with van der Waals surface area (Å²) in [5.41, 5.74) is 6.99. The fraction of sp³-hybridized carbons (Fsp3) is 0.280. The van der Waals surface area contributed by atoms with Crippen LogP contribution in [0.25, 0.3) is 21.8 Å². The molecule has 0 aliphatic carbocycles. The molecule has 0 fully saturated rings. The lowest BCUT2D eigenvalue weighted by molar-refractivity contribution is 0.653. The smallest absolute Gasteiger partial charge is 0.128 e. The maximum absolute atomic E-state index is 4.55. The van der Waals surface area contributed by atoms with Crippen molar-refractivity contribution in [1.82, 2.24) is 20.6 Å². The molecular weight excluding hydrogens is 384 g/mol. The number of fused-ring (bicyclic) bond motifs is 2. The molecule has 2 aromatic heterocycles. The first-order valence-corrected chi connectivity index (χ1v) is 10.9. The van der Waals surface area contributed by atoms with Gasteiger partial charge in [-0.1, -0.05) is 38.1 Å². The Kier molecular flexibility index (Phi) is 3.96. The highest BCUT2D eigenvalue weighted by atomic mass is 15.1. The average Bonchev–Trinajstić information content (AvgIpc) is 3.58. The van der Waals surface area contributed by atoms with Crippen LogP contribution in [0.4, 0.5) is 0 Å². The first-order chi connectivity index (χ1) is 15.1. The van der Waals surface area contributed by atoms with E-state index in [0.717, 1.165) is 60.0 Å². The van der Waals surface area contributed by atoms with Gasteiger partial charge in [0, 0.05) is 63.8 Å². The Morgan fingerprint density at radius 3 is 1.61 bits per heavy atom. The summed E-state index contributed by atoms with van der Waals surface area (Å²) in [6.07, 6.45) is 4.31. The highest BCUT2D eigenvalue weighted by molar-refractivity contribution is 6.04. The van der Waals surface area contributed by atoms with Gasteiger partial charge in [-0.2, -0.15) is 0 Å². The summed E-state index contributed by atoms with van der Waals surface area (Å²) < 4.78 is 0. The quantitative estimate of drug-likeness (QED) is 0.414. The number of benzene rings is 2. The number of amidine groups is 2. The fourth-order valence-corrected chi connectivity index (χ4v) is 4.91. The number of rotatable bonds is 4. The average molecular weight is 411 g/mol. The lowest BCUT2D eigenvalue weighted by atomic mass is 9.78. The van der Waals surface area contributed by atoms with Gasteiger partial charge < -0.3 is 20.6 Å². The number of nitrogens with zero attached hydrogens (tertiary/aromatic N) is 2. The third-order valence-electron chi connectivity index (χ3n) is 6.61. The van der Waals surface area contributed by atoms with Gasteiger partial charge in [-0.25, -0.2) is 0 Å². The molecule has 6 rings (SSSR count). The number of nitrogens with one attached hydrogen (secondary N) is 4. The monoisotopic (exact) mass is 410 g/mol. The van der Waals surface area contributed by atoms with Crippen LogP contribution in [0.1, 0.15) is 36.1 Å². The van der Waals surface area contributed by atoms with Gasteiger partial charge in [0.25, 0.3) is 0 Å².